The van der Waals surface area contributed by atoms with Crippen LogP contribution in [0.1, 0.15) is 12.6 Å². The number of hydrogen-bond donors (Lipinski definition) is 1. The van der Waals surface area contributed by atoms with Gasteiger partial charge < -0.3 is 15.5 Å². The number of likely N-dealkylation sites (N-methyl/N-ethyl adjacent to an activating group) is 1. The topological polar surface area (TPSA) is 45.4 Å². The third-order valence-electron chi connectivity index (χ3n) is 3.19. The number of rotatable bonds is 3. The van der Waals surface area contributed by atoms with E-state index >= 15 is 0 Å². The predicted molar refractivity (Wildman–Crippen MR) is 66.5 cm³/mol. The van der Waals surface area contributed by atoms with Gasteiger partial charge in [0.15, 0.2) is 0 Å². The maximum atomic E-state index is 5.60. The summed E-state index contributed by atoms with van der Waals surface area (Å²) in [4.78, 5) is 9.11. The van der Waals surface area contributed by atoms with E-state index in [1.54, 1.807) is 0 Å². The first kappa shape index (κ1) is 11.4. The van der Waals surface area contributed by atoms with Gasteiger partial charge in [0.1, 0.15) is 0 Å². The van der Waals surface area contributed by atoms with Crippen molar-refractivity contribution in [3.05, 3.63) is 24.0 Å². The zero-order valence-corrected chi connectivity index (χ0v) is 9.89. The molecule has 1 saturated heterocycles. The number of hydrogen-bond acceptors (Lipinski definition) is 4. The van der Waals surface area contributed by atoms with Crippen LogP contribution in [0.5, 0.6) is 0 Å². The average Bonchev–Trinajstić information content (AvgIpc) is 2.39. The monoisotopic (exact) mass is 220 g/mol. The van der Waals surface area contributed by atoms with Crippen LogP contribution in [0.4, 0.5) is 5.69 Å². The van der Waals surface area contributed by atoms with E-state index in [-0.39, 0.29) is 0 Å². The molecule has 0 atom stereocenters. The van der Waals surface area contributed by atoms with Crippen molar-refractivity contribution in [3.63, 3.8) is 0 Å². The molecule has 1 fully saturated rings. The summed E-state index contributed by atoms with van der Waals surface area (Å²) in [6, 6.07) is 4.17. The van der Waals surface area contributed by atoms with Crippen molar-refractivity contribution in [3.8, 4) is 0 Å². The number of nitrogens with two attached hydrogens (primary N) is 1. The van der Waals surface area contributed by atoms with Crippen molar-refractivity contribution in [1.82, 2.24) is 9.88 Å². The Balaban J connectivity index is 2.02. The molecule has 1 aliphatic heterocycles. The fourth-order valence-corrected chi connectivity index (χ4v) is 2.10. The van der Waals surface area contributed by atoms with Crippen LogP contribution in [0.2, 0.25) is 0 Å². The van der Waals surface area contributed by atoms with Gasteiger partial charge in [-0.05, 0) is 18.7 Å². The average molecular weight is 220 g/mol. The molecule has 0 radical (unpaired) electrons. The SMILES string of the molecule is CCN1CCN(c2ccnc(CN)c2)CC1. The summed E-state index contributed by atoms with van der Waals surface area (Å²) in [6.07, 6.45) is 1.85. The molecule has 0 aromatic carbocycles. The fraction of sp³-hybridized carbons (Fsp3) is 0.583. The molecule has 0 aliphatic carbocycles. The molecule has 0 amide bonds. The van der Waals surface area contributed by atoms with Crippen molar-refractivity contribution in [1.29, 1.82) is 0 Å². The lowest BCUT2D eigenvalue weighted by molar-refractivity contribution is 0.271. The van der Waals surface area contributed by atoms with E-state index in [2.05, 4.69) is 33.8 Å². The van der Waals surface area contributed by atoms with Crippen LogP contribution in [-0.4, -0.2) is 42.6 Å². The van der Waals surface area contributed by atoms with Crippen LogP contribution in [0.15, 0.2) is 18.3 Å². The number of pyridine rings is 1. The van der Waals surface area contributed by atoms with Crippen LogP contribution in [-0.2, 0) is 6.54 Å². The van der Waals surface area contributed by atoms with E-state index in [0.717, 1.165) is 38.4 Å². The standard InChI is InChI=1S/C12H20N4/c1-2-15-5-7-16(8-6-15)12-3-4-14-11(9-12)10-13/h3-4,9H,2,5-8,10,13H2,1H3. The molecule has 16 heavy (non-hydrogen) atoms. The molecule has 1 aliphatic rings. The summed E-state index contributed by atoms with van der Waals surface area (Å²) in [5.74, 6) is 0. The zero-order chi connectivity index (χ0) is 11.4. The molecular formula is C12H20N4. The summed E-state index contributed by atoms with van der Waals surface area (Å²) < 4.78 is 0. The molecule has 0 spiro atoms. The Kier molecular flexibility index (Phi) is 3.74. The zero-order valence-electron chi connectivity index (χ0n) is 9.89. The summed E-state index contributed by atoms with van der Waals surface area (Å²) in [7, 11) is 0. The van der Waals surface area contributed by atoms with Gasteiger partial charge in [-0.25, -0.2) is 0 Å². The Morgan fingerprint density at radius 1 is 1.31 bits per heavy atom. The summed E-state index contributed by atoms with van der Waals surface area (Å²) >= 11 is 0. The highest BCUT2D eigenvalue weighted by Gasteiger charge is 2.15. The summed E-state index contributed by atoms with van der Waals surface area (Å²) in [5, 5.41) is 0. The Hall–Kier alpha value is -1.13. The first-order valence-electron chi connectivity index (χ1n) is 5.95. The van der Waals surface area contributed by atoms with Crippen LogP contribution in [0.3, 0.4) is 0 Å². The second-order valence-electron chi connectivity index (χ2n) is 4.13. The largest absolute Gasteiger partial charge is 0.369 e. The van der Waals surface area contributed by atoms with Gasteiger partial charge in [0, 0.05) is 44.6 Å². The molecule has 0 saturated carbocycles. The number of piperazine rings is 1. The Morgan fingerprint density at radius 3 is 2.69 bits per heavy atom. The second-order valence-corrected chi connectivity index (χ2v) is 4.13. The first-order chi connectivity index (χ1) is 7.83. The van der Waals surface area contributed by atoms with Gasteiger partial charge in [0.25, 0.3) is 0 Å². The van der Waals surface area contributed by atoms with E-state index in [0.29, 0.717) is 6.54 Å². The van der Waals surface area contributed by atoms with Gasteiger partial charge in [-0.15, -0.1) is 0 Å². The third-order valence-corrected chi connectivity index (χ3v) is 3.19. The molecule has 0 bridgehead atoms. The van der Waals surface area contributed by atoms with E-state index in [1.165, 1.54) is 5.69 Å². The fourth-order valence-electron chi connectivity index (χ4n) is 2.10. The molecular weight excluding hydrogens is 200 g/mol. The third kappa shape index (κ3) is 2.51. The van der Waals surface area contributed by atoms with E-state index in [4.69, 9.17) is 5.73 Å². The minimum Gasteiger partial charge on any atom is -0.369 e. The van der Waals surface area contributed by atoms with E-state index in [1.807, 2.05) is 6.20 Å². The molecule has 2 N–H and O–H groups in total. The molecule has 2 rings (SSSR count). The summed E-state index contributed by atoms with van der Waals surface area (Å²) in [6.45, 7) is 8.38. The highest BCUT2D eigenvalue weighted by atomic mass is 15.3. The number of anilines is 1. The lowest BCUT2D eigenvalue weighted by Gasteiger charge is -2.35. The Morgan fingerprint density at radius 2 is 2.06 bits per heavy atom. The first-order valence-corrected chi connectivity index (χ1v) is 5.95. The van der Waals surface area contributed by atoms with Crippen molar-refractivity contribution in [2.75, 3.05) is 37.6 Å². The highest BCUT2D eigenvalue weighted by Crippen LogP contribution is 2.16. The summed E-state index contributed by atoms with van der Waals surface area (Å²) in [5.41, 5.74) is 7.83. The smallest absolute Gasteiger partial charge is 0.0560 e. The lowest BCUT2D eigenvalue weighted by Crippen LogP contribution is -2.46. The Labute approximate surface area is 97.1 Å². The highest BCUT2D eigenvalue weighted by molar-refractivity contribution is 5.47. The van der Waals surface area contributed by atoms with Gasteiger partial charge in [-0.2, -0.15) is 0 Å². The minimum absolute atomic E-state index is 0.517. The van der Waals surface area contributed by atoms with Crippen molar-refractivity contribution in [2.45, 2.75) is 13.5 Å². The van der Waals surface area contributed by atoms with Gasteiger partial charge in [0.05, 0.1) is 5.69 Å². The van der Waals surface area contributed by atoms with Crippen molar-refractivity contribution < 1.29 is 0 Å². The molecule has 4 nitrogen and oxygen atoms in total. The molecule has 1 aromatic rings. The number of aromatic nitrogens is 1. The van der Waals surface area contributed by atoms with Crippen LogP contribution < -0.4 is 10.6 Å². The number of nitrogens with zero attached hydrogens (tertiary/aromatic N) is 3. The van der Waals surface area contributed by atoms with Crippen molar-refractivity contribution in [2.24, 2.45) is 5.73 Å². The van der Waals surface area contributed by atoms with Gasteiger partial charge in [-0.1, -0.05) is 6.92 Å². The van der Waals surface area contributed by atoms with Crippen LogP contribution >= 0.6 is 0 Å². The lowest BCUT2D eigenvalue weighted by atomic mass is 10.2. The molecule has 0 unspecified atom stereocenters. The molecule has 4 heteroatoms. The van der Waals surface area contributed by atoms with Crippen LogP contribution in [0.25, 0.3) is 0 Å². The van der Waals surface area contributed by atoms with Gasteiger partial charge in [-0.3, -0.25) is 4.98 Å². The quantitative estimate of drug-likeness (QED) is 0.814. The molecule has 1 aromatic heterocycles. The molecule has 2 heterocycles. The molecule has 88 valence electrons. The van der Waals surface area contributed by atoms with E-state index < -0.39 is 0 Å². The second kappa shape index (κ2) is 5.27. The minimum atomic E-state index is 0.517. The Bertz CT molecular complexity index is 332. The normalized spacial score (nSPS) is 17.8. The van der Waals surface area contributed by atoms with Gasteiger partial charge >= 0.3 is 0 Å². The van der Waals surface area contributed by atoms with Gasteiger partial charge in [0.2, 0.25) is 0 Å². The maximum Gasteiger partial charge on any atom is 0.0560 e. The maximum absolute atomic E-state index is 5.60. The van der Waals surface area contributed by atoms with E-state index in [9.17, 15) is 0 Å². The van der Waals surface area contributed by atoms with Crippen molar-refractivity contribution >= 4 is 5.69 Å². The predicted octanol–water partition coefficient (Wildman–Crippen LogP) is 0.682. The van der Waals surface area contributed by atoms with Crippen LogP contribution in [0, 0.1) is 0 Å².